The first-order valence-electron chi connectivity index (χ1n) is 6.08. The fraction of sp³-hybridized carbons (Fsp3) is 0.500. The maximum Gasteiger partial charge on any atom is 0.313 e. The van der Waals surface area contributed by atoms with E-state index in [0.717, 1.165) is 5.56 Å². The van der Waals surface area contributed by atoms with Crippen LogP contribution in [0.4, 0.5) is 0 Å². The van der Waals surface area contributed by atoms with Gasteiger partial charge in [-0.25, -0.2) is 0 Å². The van der Waals surface area contributed by atoms with Crippen LogP contribution < -0.4 is 5.73 Å². The fourth-order valence-corrected chi connectivity index (χ4v) is 1.81. The molecule has 1 aromatic rings. The zero-order chi connectivity index (χ0) is 13.8. The summed E-state index contributed by atoms with van der Waals surface area (Å²) in [7, 11) is 0. The van der Waals surface area contributed by atoms with Gasteiger partial charge >= 0.3 is 5.97 Å². The van der Waals surface area contributed by atoms with Crippen molar-refractivity contribution < 1.29 is 14.6 Å². The van der Waals surface area contributed by atoms with Crippen LogP contribution in [-0.4, -0.2) is 23.2 Å². The number of hydrogen-bond acceptors (Lipinski definition) is 4. The molecule has 1 atom stereocenters. The summed E-state index contributed by atoms with van der Waals surface area (Å²) in [5, 5.41) is 9.27. The third-order valence-corrected chi connectivity index (χ3v) is 2.60. The molecular weight excluding hydrogens is 266 g/mol. The first-order chi connectivity index (χ1) is 8.33. The second-order valence-electron chi connectivity index (χ2n) is 5.09. The van der Waals surface area contributed by atoms with Gasteiger partial charge in [0.1, 0.15) is 5.75 Å². The molecule has 5 heteroatoms. The van der Waals surface area contributed by atoms with Gasteiger partial charge in [0, 0.05) is 5.54 Å². The van der Waals surface area contributed by atoms with Crippen molar-refractivity contribution >= 4 is 18.4 Å². The Labute approximate surface area is 120 Å². The van der Waals surface area contributed by atoms with Crippen LogP contribution in [0, 0.1) is 0 Å². The summed E-state index contributed by atoms with van der Waals surface area (Å²) in [5.41, 5.74) is 6.33. The van der Waals surface area contributed by atoms with E-state index >= 15 is 0 Å². The average Bonchev–Trinajstić information content (AvgIpc) is 2.26. The van der Waals surface area contributed by atoms with Crippen molar-refractivity contribution in [2.24, 2.45) is 5.73 Å². The molecule has 0 amide bonds. The van der Waals surface area contributed by atoms with E-state index in [1.807, 2.05) is 13.8 Å². The van der Waals surface area contributed by atoms with Crippen molar-refractivity contribution in [3.63, 3.8) is 0 Å². The van der Waals surface area contributed by atoms with Crippen LogP contribution in [0.5, 0.6) is 5.75 Å². The molecule has 0 aliphatic rings. The molecule has 0 bridgehead atoms. The summed E-state index contributed by atoms with van der Waals surface area (Å²) in [6.45, 7) is 5.87. The highest BCUT2D eigenvalue weighted by Crippen LogP contribution is 2.27. The van der Waals surface area contributed by atoms with E-state index < -0.39 is 11.5 Å². The van der Waals surface area contributed by atoms with Crippen LogP contribution in [-0.2, 0) is 9.53 Å². The normalized spacial score (nSPS) is 12.4. The Balaban J connectivity index is 0.00000324. The minimum absolute atomic E-state index is 0. The minimum Gasteiger partial charge on any atom is -0.508 e. The van der Waals surface area contributed by atoms with Gasteiger partial charge in [0.25, 0.3) is 0 Å². The number of hydrogen-bond donors (Lipinski definition) is 2. The number of carbonyl (C=O) groups is 1. The number of aromatic hydroxyl groups is 1. The van der Waals surface area contributed by atoms with E-state index in [-0.39, 0.29) is 24.1 Å². The molecular formula is C14H22ClNO3. The average molecular weight is 288 g/mol. The molecule has 3 N–H and O–H groups in total. The number of nitrogens with two attached hydrogens (primary N) is 1. The van der Waals surface area contributed by atoms with Crippen molar-refractivity contribution in [1.29, 1.82) is 0 Å². The standard InChI is InChI=1S/C14H21NO3.ClH/c1-4-18-13(17)12(9-14(2,3)15)10-5-7-11(16)8-6-10;/h5-8,12,16H,4,9,15H2,1-3H3;1H. The van der Waals surface area contributed by atoms with Gasteiger partial charge in [-0.1, -0.05) is 12.1 Å². The summed E-state index contributed by atoms with van der Waals surface area (Å²) in [4.78, 5) is 12.0. The monoisotopic (exact) mass is 287 g/mol. The van der Waals surface area contributed by atoms with E-state index in [1.54, 1.807) is 31.2 Å². The van der Waals surface area contributed by atoms with Gasteiger partial charge in [-0.05, 0) is 44.9 Å². The molecule has 4 nitrogen and oxygen atoms in total. The Morgan fingerprint density at radius 2 is 1.89 bits per heavy atom. The summed E-state index contributed by atoms with van der Waals surface area (Å²) < 4.78 is 5.08. The van der Waals surface area contributed by atoms with Crippen molar-refractivity contribution in [3.05, 3.63) is 29.8 Å². The number of phenolic OH excluding ortho intramolecular Hbond substituents is 1. The van der Waals surface area contributed by atoms with Crippen molar-refractivity contribution in [1.82, 2.24) is 0 Å². The Bertz CT molecular complexity index is 398. The number of phenols is 1. The number of halogens is 1. The second kappa shape index (κ2) is 7.36. The Hall–Kier alpha value is -1.26. The molecule has 0 radical (unpaired) electrons. The molecule has 0 fully saturated rings. The van der Waals surface area contributed by atoms with Crippen LogP contribution in [0.3, 0.4) is 0 Å². The summed E-state index contributed by atoms with van der Waals surface area (Å²) >= 11 is 0. The highest BCUT2D eigenvalue weighted by molar-refractivity contribution is 5.85. The second-order valence-corrected chi connectivity index (χ2v) is 5.09. The maximum atomic E-state index is 12.0. The number of rotatable bonds is 5. The highest BCUT2D eigenvalue weighted by atomic mass is 35.5. The zero-order valence-corrected chi connectivity index (χ0v) is 12.4. The van der Waals surface area contributed by atoms with E-state index in [9.17, 15) is 9.90 Å². The van der Waals surface area contributed by atoms with E-state index in [4.69, 9.17) is 10.5 Å². The number of carbonyl (C=O) groups excluding carboxylic acids is 1. The molecule has 1 unspecified atom stereocenters. The Morgan fingerprint density at radius 1 is 1.37 bits per heavy atom. The van der Waals surface area contributed by atoms with Crippen molar-refractivity contribution in [2.45, 2.75) is 38.6 Å². The van der Waals surface area contributed by atoms with Gasteiger partial charge in [-0.2, -0.15) is 0 Å². The third kappa shape index (κ3) is 5.94. The lowest BCUT2D eigenvalue weighted by atomic mass is 9.86. The molecule has 0 aliphatic heterocycles. The topological polar surface area (TPSA) is 72.5 Å². The summed E-state index contributed by atoms with van der Waals surface area (Å²) in [6.07, 6.45) is 0.497. The number of benzene rings is 1. The van der Waals surface area contributed by atoms with Crippen molar-refractivity contribution in [2.75, 3.05) is 6.61 Å². The van der Waals surface area contributed by atoms with Crippen LogP contribution in [0.15, 0.2) is 24.3 Å². The van der Waals surface area contributed by atoms with Crippen molar-refractivity contribution in [3.8, 4) is 5.75 Å². The smallest absolute Gasteiger partial charge is 0.313 e. The molecule has 108 valence electrons. The van der Waals surface area contributed by atoms with Gasteiger partial charge in [0.05, 0.1) is 12.5 Å². The van der Waals surface area contributed by atoms with Gasteiger partial charge in [-0.3, -0.25) is 4.79 Å². The molecule has 1 aromatic carbocycles. The first kappa shape index (κ1) is 17.7. The largest absolute Gasteiger partial charge is 0.508 e. The maximum absolute atomic E-state index is 12.0. The molecule has 0 heterocycles. The van der Waals surface area contributed by atoms with Crippen LogP contribution >= 0.6 is 12.4 Å². The Morgan fingerprint density at radius 3 is 2.32 bits per heavy atom. The minimum atomic E-state index is -0.463. The molecule has 0 spiro atoms. The molecule has 19 heavy (non-hydrogen) atoms. The number of esters is 1. The SMILES string of the molecule is CCOC(=O)C(CC(C)(C)N)c1ccc(O)cc1.Cl. The Kier molecular flexibility index (Phi) is 6.87. The third-order valence-electron chi connectivity index (χ3n) is 2.60. The predicted octanol–water partition coefficient (Wildman–Crippen LogP) is 2.59. The van der Waals surface area contributed by atoms with Crippen LogP contribution in [0.2, 0.25) is 0 Å². The molecule has 0 aromatic heterocycles. The summed E-state index contributed by atoms with van der Waals surface area (Å²) in [6, 6.07) is 6.57. The zero-order valence-electron chi connectivity index (χ0n) is 11.6. The van der Waals surface area contributed by atoms with Gasteiger partial charge in [0.15, 0.2) is 0 Å². The lowest BCUT2D eigenvalue weighted by molar-refractivity contribution is -0.145. The first-order valence-corrected chi connectivity index (χ1v) is 6.08. The lowest BCUT2D eigenvalue weighted by Gasteiger charge is -2.25. The van der Waals surface area contributed by atoms with Gasteiger partial charge in [0.2, 0.25) is 0 Å². The highest BCUT2D eigenvalue weighted by Gasteiger charge is 2.27. The van der Waals surface area contributed by atoms with E-state index in [0.29, 0.717) is 13.0 Å². The van der Waals surface area contributed by atoms with E-state index in [2.05, 4.69) is 0 Å². The predicted molar refractivity (Wildman–Crippen MR) is 77.6 cm³/mol. The van der Waals surface area contributed by atoms with Crippen LogP contribution in [0.25, 0.3) is 0 Å². The quantitative estimate of drug-likeness (QED) is 0.817. The van der Waals surface area contributed by atoms with Gasteiger partial charge in [-0.15, -0.1) is 12.4 Å². The van der Waals surface area contributed by atoms with E-state index in [1.165, 1.54) is 0 Å². The van der Waals surface area contributed by atoms with Gasteiger partial charge < -0.3 is 15.6 Å². The summed E-state index contributed by atoms with van der Waals surface area (Å²) in [5.74, 6) is -0.499. The molecule has 0 saturated heterocycles. The molecule has 1 rings (SSSR count). The number of ether oxygens (including phenoxy) is 1. The molecule has 0 saturated carbocycles. The lowest BCUT2D eigenvalue weighted by Crippen LogP contribution is -2.36. The fourth-order valence-electron chi connectivity index (χ4n) is 1.81. The van der Waals surface area contributed by atoms with Crippen LogP contribution in [0.1, 0.15) is 38.7 Å². The molecule has 0 aliphatic carbocycles.